The van der Waals surface area contributed by atoms with E-state index >= 15 is 0 Å². The number of aromatic amines is 1. The van der Waals surface area contributed by atoms with E-state index in [0.717, 1.165) is 39.4 Å². The van der Waals surface area contributed by atoms with Gasteiger partial charge in [0, 0.05) is 18.1 Å². The number of hydrogen-bond donors (Lipinski definition) is 1. The average Bonchev–Trinajstić information content (AvgIpc) is 3.16. The molecule has 2 heterocycles. The first kappa shape index (κ1) is 16.4. The fourth-order valence-electron chi connectivity index (χ4n) is 3.02. The van der Waals surface area contributed by atoms with Crippen molar-refractivity contribution in [2.24, 2.45) is 0 Å². The second-order valence-electron chi connectivity index (χ2n) is 5.79. The van der Waals surface area contributed by atoms with Gasteiger partial charge < -0.3 is 14.5 Å². The molecule has 1 aliphatic rings. The molecule has 1 atom stereocenters. The third-order valence-electron chi connectivity index (χ3n) is 4.20. The molecule has 1 fully saturated rings. The van der Waals surface area contributed by atoms with Crippen LogP contribution >= 0.6 is 22.6 Å². The Kier molecular flexibility index (Phi) is 4.72. The summed E-state index contributed by atoms with van der Waals surface area (Å²) >= 11 is 2.25. The molecule has 0 spiro atoms. The van der Waals surface area contributed by atoms with Crippen LogP contribution in [-0.2, 0) is 9.47 Å². The number of esters is 1. The van der Waals surface area contributed by atoms with Crippen LogP contribution in [0.1, 0.15) is 39.6 Å². The third kappa shape index (κ3) is 3.14. The SMILES string of the molecule is COC(=O)c1cc(-c2nc(C)[nH]c2I)c(C2CCOC2)cc1C. The number of methoxy groups -OCH3 is 1. The quantitative estimate of drug-likeness (QED) is 0.602. The Hall–Kier alpha value is -1.41. The smallest absolute Gasteiger partial charge is 0.338 e. The molecule has 6 heteroatoms. The summed E-state index contributed by atoms with van der Waals surface area (Å²) < 4.78 is 11.4. The maximum atomic E-state index is 12.1. The lowest BCUT2D eigenvalue weighted by Crippen LogP contribution is -2.08. The summed E-state index contributed by atoms with van der Waals surface area (Å²) in [6.07, 6.45) is 0.990. The van der Waals surface area contributed by atoms with Gasteiger partial charge in [-0.15, -0.1) is 0 Å². The van der Waals surface area contributed by atoms with Crippen molar-refractivity contribution >= 4 is 28.6 Å². The fraction of sp³-hybridized carbons (Fsp3) is 0.412. The van der Waals surface area contributed by atoms with Crippen molar-refractivity contribution in [2.75, 3.05) is 20.3 Å². The zero-order valence-corrected chi connectivity index (χ0v) is 15.6. The number of carbonyl (C=O) groups excluding carboxylic acids is 1. The minimum Gasteiger partial charge on any atom is -0.465 e. The zero-order valence-electron chi connectivity index (χ0n) is 13.4. The van der Waals surface area contributed by atoms with E-state index in [-0.39, 0.29) is 5.97 Å². The van der Waals surface area contributed by atoms with Crippen molar-refractivity contribution in [3.8, 4) is 11.3 Å². The molecule has 1 aromatic carbocycles. The maximum Gasteiger partial charge on any atom is 0.338 e. The normalized spacial score (nSPS) is 17.5. The Morgan fingerprint density at radius 3 is 2.78 bits per heavy atom. The van der Waals surface area contributed by atoms with Crippen LogP contribution in [0, 0.1) is 17.5 Å². The monoisotopic (exact) mass is 426 g/mol. The molecule has 0 amide bonds. The first-order valence-electron chi connectivity index (χ1n) is 7.54. The Morgan fingerprint density at radius 1 is 1.43 bits per heavy atom. The minimum atomic E-state index is -0.319. The highest BCUT2D eigenvalue weighted by atomic mass is 127. The highest BCUT2D eigenvalue weighted by Crippen LogP contribution is 2.37. The van der Waals surface area contributed by atoms with E-state index in [2.05, 4.69) is 38.6 Å². The van der Waals surface area contributed by atoms with Crippen LogP contribution < -0.4 is 0 Å². The molecule has 1 unspecified atom stereocenters. The number of nitrogens with zero attached hydrogens (tertiary/aromatic N) is 1. The molecule has 0 saturated carbocycles. The van der Waals surface area contributed by atoms with E-state index in [1.165, 1.54) is 12.7 Å². The largest absolute Gasteiger partial charge is 0.465 e. The number of nitrogens with one attached hydrogen (secondary N) is 1. The molecular weight excluding hydrogens is 407 g/mol. The summed E-state index contributed by atoms with van der Waals surface area (Å²) in [4.78, 5) is 19.9. The number of benzene rings is 1. The Morgan fingerprint density at radius 2 is 2.22 bits per heavy atom. The number of hydrogen-bond acceptors (Lipinski definition) is 4. The summed E-state index contributed by atoms with van der Waals surface area (Å²) in [7, 11) is 1.41. The summed E-state index contributed by atoms with van der Waals surface area (Å²) in [5.74, 6) is 0.877. The van der Waals surface area contributed by atoms with Gasteiger partial charge in [-0.2, -0.15) is 0 Å². The second kappa shape index (κ2) is 6.60. The van der Waals surface area contributed by atoms with Gasteiger partial charge in [-0.3, -0.25) is 0 Å². The van der Waals surface area contributed by atoms with Crippen molar-refractivity contribution in [3.63, 3.8) is 0 Å². The van der Waals surface area contributed by atoms with Gasteiger partial charge in [-0.25, -0.2) is 9.78 Å². The van der Waals surface area contributed by atoms with Crippen LogP contribution in [0.2, 0.25) is 0 Å². The first-order chi connectivity index (χ1) is 11.0. The van der Waals surface area contributed by atoms with E-state index < -0.39 is 0 Å². The van der Waals surface area contributed by atoms with E-state index in [0.29, 0.717) is 18.1 Å². The van der Waals surface area contributed by atoms with Gasteiger partial charge in [0.1, 0.15) is 15.2 Å². The van der Waals surface area contributed by atoms with Gasteiger partial charge >= 0.3 is 5.97 Å². The highest BCUT2D eigenvalue weighted by Gasteiger charge is 2.25. The number of ether oxygens (including phenoxy) is 2. The topological polar surface area (TPSA) is 64.2 Å². The molecule has 0 radical (unpaired) electrons. The van der Waals surface area contributed by atoms with Gasteiger partial charge in [0.2, 0.25) is 0 Å². The number of halogens is 1. The lowest BCUT2D eigenvalue weighted by Gasteiger charge is -2.17. The lowest BCUT2D eigenvalue weighted by molar-refractivity contribution is 0.0600. The molecule has 2 aromatic rings. The van der Waals surface area contributed by atoms with Crippen molar-refractivity contribution in [1.82, 2.24) is 9.97 Å². The van der Waals surface area contributed by atoms with Gasteiger partial charge in [0.25, 0.3) is 0 Å². The van der Waals surface area contributed by atoms with E-state index in [1.54, 1.807) is 0 Å². The zero-order chi connectivity index (χ0) is 16.6. The molecule has 0 aliphatic carbocycles. The minimum absolute atomic E-state index is 0.319. The summed E-state index contributed by atoms with van der Waals surface area (Å²) in [5, 5.41) is 0. The number of H-pyrrole nitrogens is 1. The van der Waals surface area contributed by atoms with Crippen LogP contribution in [0.5, 0.6) is 0 Å². The van der Waals surface area contributed by atoms with Crippen LogP contribution in [0.3, 0.4) is 0 Å². The molecule has 122 valence electrons. The number of imidazole rings is 1. The molecule has 3 rings (SSSR count). The molecule has 1 aromatic heterocycles. The highest BCUT2D eigenvalue weighted by molar-refractivity contribution is 14.1. The number of aryl methyl sites for hydroxylation is 2. The van der Waals surface area contributed by atoms with Crippen LogP contribution in [0.4, 0.5) is 0 Å². The standard InChI is InChI=1S/C17H19IN2O3/c1-9-6-13(11-4-5-23-8-11)14(7-12(9)17(21)22-3)15-16(18)20-10(2)19-15/h6-7,11H,4-5,8H2,1-3H3,(H,19,20). The summed E-state index contributed by atoms with van der Waals surface area (Å²) in [5.41, 5.74) is 4.57. The molecular formula is C17H19IN2O3. The van der Waals surface area contributed by atoms with Gasteiger partial charge in [0.15, 0.2) is 0 Å². The fourth-order valence-corrected chi connectivity index (χ4v) is 3.83. The number of aromatic nitrogens is 2. The van der Waals surface area contributed by atoms with Crippen LogP contribution in [0.25, 0.3) is 11.3 Å². The van der Waals surface area contributed by atoms with E-state index in [4.69, 9.17) is 9.47 Å². The lowest BCUT2D eigenvalue weighted by atomic mass is 9.88. The Labute approximate surface area is 148 Å². The second-order valence-corrected chi connectivity index (χ2v) is 6.87. The Bertz CT molecular complexity index is 749. The van der Waals surface area contributed by atoms with Gasteiger partial charge in [-0.1, -0.05) is 6.07 Å². The number of carbonyl (C=O) groups is 1. The first-order valence-corrected chi connectivity index (χ1v) is 8.62. The summed E-state index contributed by atoms with van der Waals surface area (Å²) in [6.45, 7) is 5.36. The maximum absolute atomic E-state index is 12.1. The molecule has 1 aliphatic heterocycles. The molecule has 0 bridgehead atoms. The molecule has 1 N–H and O–H groups in total. The Balaban J connectivity index is 2.20. The van der Waals surface area contributed by atoms with Crippen LogP contribution in [-0.4, -0.2) is 36.3 Å². The third-order valence-corrected chi connectivity index (χ3v) is 4.99. The predicted molar refractivity (Wildman–Crippen MR) is 95.7 cm³/mol. The van der Waals surface area contributed by atoms with E-state index in [1.807, 2.05) is 19.9 Å². The predicted octanol–water partition coefficient (Wildman–Crippen LogP) is 3.59. The van der Waals surface area contributed by atoms with E-state index in [9.17, 15) is 4.79 Å². The van der Waals surface area contributed by atoms with Gasteiger partial charge in [-0.05, 0) is 60.1 Å². The molecule has 1 saturated heterocycles. The molecule has 5 nitrogen and oxygen atoms in total. The molecule has 23 heavy (non-hydrogen) atoms. The average molecular weight is 426 g/mol. The van der Waals surface area contributed by atoms with Crippen molar-refractivity contribution in [3.05, 3.63) is 38.3 Å². The van der Waals surface area contributed by atoms with Crippen molar-refractivity contribution in [1.29, 1.82) is 0 Å². The van der Waals surface area contributed by atoms with Crippen molar-refractivity contribution in [2.45, 2.75) is 26.2 Å². The summed E-state index contributed by atoms with van der Waals surface area (Å²) in [6, 6.07) is 3.99. The number of rotatable bonds is 3. The van der Waals surface area contributed by atoms with Crippen LogP contribution in [0.15, 0.2) is 12.1 Å². The van der Waals surface area contributed by atoms with Gasteiger partial charge in [0.05, 0.1) is 19.3 Å². The van der Waals surface area contributed by atoms with Crippen molar-refractivity contribution < 1.29 is 14.3 Å².